The molecule has 0 atom stereocenters. The molecule has 132 valence electrons. The average Bonchev–Trinajstić information content (AvgIpc) is 3.12. The first-order chi connectivity index (χ1) is 11.9. The first-order valence-corrected chi connectivity index (χ1v) is 8.10. The van der Waals surface area contributed by atoms with Gasteiger partial charge < -0.3 is 10.1 Å². The first kappa shape index (κ1) is 17.2. The molecular formula is C15H13F3N4O2S. The van der Waals surface area contributed by atoms with Crippen LogP contribution in [0.2, 0.25) is 0 Å². The number of carbonyl (C=O) groups excluding carboxylic acids is 1. The molecular weight excluding hydrogens is 357 g/mol. The van der Waals surface area contributed by atoms with Gasteiger partial charge in [-0.15, -0.1) is 11.3 Å². The topological polar surface area (TPSA) is 68.5 Å². The maximum Gasteiger partial charge on any atom is 0.422 e. The van der Waals surface area contributed by atoms with Crippen LogP contribution in [0, 0.1) is 0 Å². The summed E-state index contributed by atoms with van der Waals surface area (Å²) in [7, 11) is 0. The quantitative estimate of drug-likeness (QED) is 0.724. The Labute approximate surface area is 144 Å². The number of thiazole rings is 1. The number of carbonyl (C=O) groups is 1. The van der Waals surface area contributed by atoms with E-state index in [1.807, 2.05) is 16.0 Å². The van der Waals surface area contributed by atoms with Crippen molar-refractivity contribution in [3.05, 3.63) is 47.4 Å². The molecule has 0 saturated carbocycles. The van der Waals surface area contributed by atoms with Gasteiger partial charge in [-0.25, -0.2) is 9.97 Å². The number of amides is 1. The van der Waals surface area contributed by atoms with E-state index in [1.54, 1.807) is 18.3 Å². The molecule has 0 saturated heterocycles. The molecule has 1 N–H and O–H groups in total. The summed E-state index contributed by atoms with van der Waals surface area (Å²) < 4.78 is 43.3. The number of alkyl halides is 3. The molecule has 0 aromatic carbocycles. The molecule has 0 bridgehead atoms. The van der Waals surface area contributed by atoms with Crippen molar-refractivity contribution in [3.8, 4) is 5.88 Å². The third-order valence-corrected chi connectivity index (χ3v) is 3.95. The minimum absolute atomic E-state index is 0.0160. The van der Waals surface area contributed by atoms with E-state index in [2.05, 4.69) is 20.0 Å². The monoisotopic (exact) mass is 370 g/mol. The van der Waals surface area contributed by atoms with Crippen LogP contribution in [-0.4, -0.2) is 33.1 Å². The SMILES string of the molecule is O=C(Cc1cn2ccsc2n1)NCc1cccnc1OCC(F)(F)F. The summed E-state index contributed by atoms with van der Waals surface area (Å²) in [6.45, 7) is -1.42. The summed E-state index contributed by atoms with van der Waals surface area (Å²) in [5.41, 5.74) is 0.981. The van der Waals surface area contributed by atoms with Crippen LogP contribution in [0.15, 0.2) is 36.1 Å². The number of imidazole rings is 1. The summed E-state index contributed by atoms with van der Waals surface area (Å²) in [6, 6.07) is 3.11. The number of hydrogen-bond acceptors (Lipinski definition) is 5. The zero-order valence-electron chi connectivity index (χ0n) is 12.8. The number of ether oxygens (including phenoxy) is 1. The van der Waals surface area contributed by atoms with Gasteiger partial charge in [0.2, 0.25) is 11.8 Å². The molecule has 10 heteroatoms. The van der Waals surface area contributed by atoms with Crippen LogP contribution in [0.4, 0.5) is 13.2 Å². The number of nitrogens with one attached hydrogen (secondary N) is 1. The number of fused-ring (bicyclic) bond motifs is 1. The molecule has 0 unspecified atom stereocenters. The van der Waals surface area contributed by atoms with Gasteiger partial charge >= 0.3 is 6.18 Å². The van der Waals surface area contributed by atoms with Crippen LogP contribution in [0.3, 0.4) is 0 Å². The van der Waals surface area contributed by atoms with Gasteiger partial charge in [0.25, 0.3) is 0 Å². The van der Waals surface area contributed by atoms with Crippen LogP contribution in [0.25, 0.3) is 4.96 Å². The Morgan fingerprint density at radius 3 is 3.00 bits per heavy atom. The van der Waals surface area contributed by atoms with Gasteiger partial charge in [0.05, 0.1) is 12.1 Å². The fourth-order valence-electron chi connectivity index (χ4n) is 2.12. The molecule has 0 aliphatic carbocycles. The van der Waals surface area contributed by atoms with Gasteiger partial charge in [-0.2, -0.15) is 13.2 Å². The highest BCUT2D eigenvalue weighted by Gasteiger charge is 2.29. The van der Waals surface area contributed by atoms with Crippen LogP contribution in [0.1, 0.15) is 11.3 Å². The molecule has 0 fully saturated rings. The normalized spacial score (nSPS) is 11.6. The Morgan fingerprint density at radius 1 is 1.40 bits per heavy atom. The number of nitrogens with zero attached hydrogens (tertiary/aromatic N) is 3. The zero-order valence-corrected chi connectivity index (χ0v) is 13.6. The fraction of sp³-hybridized carbons (Fsp3) is 0.267. The average molecular weight is 370 g/mol. The highest BCUT2D eigenvalue weighted by Crippen LogP contribution is 2.20. The van der Waals surface area contributed by atoms with E-state index in [4.69, 9.17) is 0 Å². The Balaban J connectivity index is 1.57. The minimum atomic E-state index is -4.45. The summed E-state index contributed by atoms with van der Waals surface area (Å²) in [5, 5.41) is 4.52. The second-order valence-corrected chi connectivity index (χ2v) is 6.02. The lowest BCUT2D eigenvalue weighted by Gasteiger charge is -2.12. The molecule has 0 aliphatic rings. The predicted molar refractivity (Wildman–Crippen MR) is 84.4 cm³/mol. The Bertz CT molecular complexity index is 846. The van der Waals surface area contributed by atoms with Gasteiger partial charge in [0.15, 0.2) is 11.6 Å². The Morgan fingerprint density at radius 2 is 2.24 bits per heavy atom. The Hall–Kier alpha value is -2.62. The van der Waals surface area contributed by atoms with E-state index in [9.17, 15) is 18.0 Å². The minimum Gasteiger partial charge on any atom is -0.468 e. The van der Waals surface area contributed by atoms with Crippen molar-refractivity contribution in [1.82, 2.24) is 19.7 Å². The van der Waals surface area contributed by atoms with E-state index in [1.165, 1.54) is 17.5 Å². The third kappa shape index (κ3) is 4.69. The first-order valence-electron chi connectivity index (χ1n) is 7.22. The van der Waals surface area contributed by atoms with E-state index in [0.717, 1.165) is 4.96 Å². The van der Waals surface area contributed by atoms with Crippen molar-refractivity contribution in [2.75, 3.05) is 6.61 Å². The number of aromatic nitrogens is 3. The number of rotatable bonds is 6. The lowest BCUT2D eigenvalue weighted by atomic mass is 10.2. The van der Waals surface area contributed by atoms with Crippen LogP contribution in [0.5, 0.6) is 5.88 Å². The molecule has 0 spiro atoms. The third-order valence-electron chi connectivity index (χ3n) is 3.18. The molecule has 3 heterocycles. The summed E-state index contributed by atoms with van der Waals surface area (Å²) >= 11 is 1.46. The smallest absolute Gasteiger partial charge is 0.422 e. The van der Waals surface area contributed by atoms with E-state index in [0.29, 0.717) is 11.3 Å². The predicted octanol–water partition coefficient (Wildman–Crippen LogP) is 2.59. The van der Waals surface area contributed by atoms with Crippen molar-refractivity contribution in [3.63, 3.8) is 0 Å². The highest BCUT2D eigenvalue weighted by molar-refractivity contribution is 7.15. The number of halogens is 3. The molecule has 3 rings (SSSR count). The molecule has 0 radical (unpaired) electrons. The van der Waals surface area contributed by atoms with Crippen molar-refractivity contribution in [1.29, 1.82) is 0 Å². The fourth-order valence-corrected chi connectivity index (χ4v) is 2.84. The lowest BCUT2D eigenvalue weighted by molar-refractivity contribution is -0.154. The molecule has 0 aliphatic heterocycles. The number of pyridine rings is 1. The van der Waals surface area contributed by atoms with E-state index < -0.39 is 12.8 Å². The molecule has 6 nitrogen and oxygen atoms in total. The van der Waals surface area contributed by atoms with Crippen molar-refractivity contribution < 1.29 is 22.7 Å². The summed E-state index contributed by atoms with van der Waals surface area (Å²) in [5.74, 6) is -0.445. The largest absolute Gasteiger partial charge is 0.468 e. The van der Waals surface area contributed by atoms with Gasteiger partial charge in [-0.3, -0.25) is 9.20 Å². The van der Waals surface area contributed by atoms with Crippen molar-refractivity contribution in [2.45, 2.75) is 19.1 Å². The molecule has 3 aromatic rings. The molecule has 25 heavy (non-hydrogen) atoms. The van der Waals surface area contributed by atoms with E-state index in [-0.39, 0.29) is 24.8 Å². The van der Waals surface area contributed by atoms with Gasteiger partial charge in [-0.1, -0.05) is 6.07 Å². The molecule has 3 aromatic heterocycles. The van der Waals surface area contributed by atoms with Gasteiger partial charge in [-0.05, 0) is 6.07 Å². The van der Waals surface area contributed by atoms with Crippen LogP contribution < -0.4 is 10.1 Å². The highest BCUT2D eigenvalue weighted by atomic mass is 32.1. The number of hydrogen-bond donors (Lipinski definition) is 1. The standard InChI is InChI=1S/C15H13F3N4O2S/c16-15(17,18)9-24-13-10(2-1-3-19-13)7-20-12(23)6-11-8-22-4-5-25-14(22)21-11/h1-5,8H,6-7,9H2,(H,20,23). The second-order valence-electron chi connectivity index (χ2n) is 5.15. The van der Waals surface area contributed by atoms with Gasteiger partial charge in [0.1, 0.15) is 0 Å². The van der Waals surface area contributed by atoms with Gasteiger partial charge in [0, 0.05) is 36.1 Å². The summed E-state index contributed by atoms with van der Waals surface area (Å²) in [4.78, 5) is 20.9. The molecule has 1 amide bonds. The van der Waals surface area contributed by atoms with Crippen LogP contribution in [-0.2, 0) is 17.8 Å². The zero-order chi connectivity index (χ0) is 17.9. The van der Waals surface area contributed by atoms with Crippen molar-refractivity contribution >= 4 is 22.2 Å². The lowest BCUT2D eigenvalue weighted by Crippen LogP contribution is -2.26. The second kappa shape index (κ2) is 7.09. The van der Waals surface area contributed by atoms with Crippen molar-refractivity contribution in [2.24, 2.45) is 0 Å². The maximum atomic E-state index is 12.3. The van der Waals surface area contributed by atoms with E-state index >= 15 is 0 Å². The van der Waals surface area contributed by atoms with Crippen LogP contribution >= 0.6 is 11.3 Å². The maximum absolute atomic E-state index is 12.3. The Kier molecular flexibility index (Phi) is 4.88. The summed E-state index contributed by atoms with van der Waals surface area (Å²) in [6.07, 6.45) is 0.552.